The molecule has 0 bridgehead atoms. The second-order valence-electron chi connectivity index (χ2n) is 5.94. The van der Waals surface area contributed by atoms with Gasteiger partial charge in [0.2, 0.25) is 5.91 Å². The highest BCUT2D eigenvalue weighted by molar-refractivity contribution is 5.77. The molecule has 116 valence electrons. The first-order valence-corrected chi connectivity index (χ1v) is 7.20. The molecular weight excluding hydrogens is 268 g/mol. The van der Waals surface area contributed by atoms with E-state index in [9.17, 15) is 4.79 Å². The number of aromatic nitrogens is 1. The highest BCUT2D eigenvalue weighted by atomic mass is 16.5. The van der Waals surface area contributed by atoms with Crippen LogP contribution < -0.4 is 10.6 Å². The predicted octanol–water partition coefficient (Wildman–Crippen LogP) is 1.13. The number of amides is 1. The van der Waals surface area contributed by atoms with E-state index in [-0.39, 0.29) is 5.91 Å². The largest absolute Gasteiger partial charge is 0.396 e. The Balaban J connectivity index is 1.92. The van der Waals surface area contributed by atoms with Crippen molar-refractivity contribution in [3.8, 4) is 0 Å². The molecule has 2 N–H and O–H groups in total. The minimum atomic E-state index is -0.413. The number of carbonyl (C=O) groups is 1. The van der Waals surface area contributed by atoms with Gasteiger partial charge in [0.25, 0.3) is 0 Å². The van der Waals surface area contributed by atoms with E-state index < -0.39 is 5.60 Å². The average molecular weight is 292 g/mol. The summed E-state index contributed by atoms with van der Waals surface area (Å²) in [5.74, 6) is 0.143. The van der Waals surface area contributed by atoms with E-state index in [2.05, 4.69) is 9.88 Å². The molecule has 0 spiro atoms. The molecule has 21 heavy (non-hydrogen) atoms. The van der Waals surface area contributed by atoms with Crippen LogP contribution in [0.1, 0.15) is 20.3 Å². The number of pyridine rings is 1. The highest BCUT2D eigenvalue weighted by Crippen LogP contribution is 2.23. The van der Waals surface area contributed by atoms with Crippen molar-refractivity contribution in [1.29, 1.82) is 0 Å². The lowest BCUT2D eigenvalue weighted by atomic mass is 10.0. The summed E-state index contributed by atoms with van der Waals surface area (Å²) in [6, 6.07) is 1.92. The molecular formula is C15H24N4O2. The zero-order valence-electron chi connectivity index (χ0n) is 13.0. The van der Waals surface area contributed by atoms with Crippen LogP contribution in [0.15, 0.2) is 18.5 Å². The topological polar surface area (TPSA) is 71.7 Å². The van der Waals surface area contributed by atoms with Crippen molar-refractivity contribution in [2.24, 2.45) is 0 Å². The summed E-state index contributed by atoms with van der Waals surface area (Å²) in [5.41, 5.74) is 7.21. The average Bonchev–Trinajstić information content (AvgIpc) is 2.47. The number of nitrogens with two attached hydrogens (primary N) is 1. The van der Waals surface area contributed by atoms with Crippen molar-refractivity contribution in [2.45, 2.75) is 25.9 Å². The molecule has 2 rings (SSSR count). The summed E-state index contributed by atoms with van der Waals surface area (Å²) in [6.07, 6.45) is 3.80. The van der Waals surface area contributed by atoms with Crippen molar-refractivity contribution < 1.29 is 9.53 Å². The molecule has 0 unspecified atom stereocenters. The lowest BCUT2D eigenvalue weighted by Crippen LogP contribution is -2.50. The summed E-state index contributed by atoms with van der Waals surface area (Å²) in [4.78, 5) is 20.4. The second kappa shape index (κ2) is 6.30. The molecule has 6 nitrogen and oxygen atoms in total. The first kappa shape index (κ1) is 15.6. The Morgan fingerprint density at radius 3 is 2.62 bits per heavy atom. The summed E-state index contributed by atoms with van der Waals surface area (Å²) in [5, 5.41) is 0. The number of piperazine rings is 1. The van der Waals surface area contributed by atoms with Gasteiger partial charge in [-0.3, -0.25) is 9.78 Å². The molecule has 1 aromatic rings. The molecule has 0 radical (unpaired) electrons. The lowest BCUT2D eigenvalue weighted by molar-refractivity contribution is -0.136. The van der Waals surface area contributed by atoms with Gasteiger partial charge in [0.05, 0.1) is 29.6 Å². The fourth-order valence-corrected chi connectivity index (χ4v) is 2.43. The van der Waals surface area contributed by atoms with Crippen LogP contribution in [0.3, 0.4) is 0 Å². The van der Waals surface area contributed by atoms with Crippen molar-refractivity contribution in [2.75, 3.05) is 43.9 Å². The maximum Gasteiger partial charge on any atom is 0.225 e. The zero-order valence-corrected chi connectivity index (χ0v) is 13.0. The Labute approximate surface area is 125 Å². The van der Waals surface area contributed by atoms with E-state index in [0.717, 1.165) is 18.8 Å². The van der Waals surface area contributed by atoms with Gasteiger partial charge in [-0.15, -0.1) is 0 Å². The number of ether oxygens (including phenoxy) is 1. The van der Waals surface area contributed by atoms with Crippen molar-refractivity contribution in [3.05, 3.63) is 18.5 Å². The molecule has 6 heteroatoms. The normalized spacial score (nSPS) is 16.1. The maximum atomic E-state index is 12.3. The summed E-state index contributed by atoms with van der Waals surface area (Å²) in [7, 11) is 1.64. The van der Waals surface area contributed by atoms with Gasteiger partial charge in [-0.05, 0) is 19.9 Å². The van der Waals surface area contributed by atoms with Crippen molar-refractivity contribution in [1.82, 2.24) is 9.88 Å². The van der Waals surface area contributed by atoms with Crippen molar-refractivity contribution in [3.63, 3.8) is 0 Å². The van der Waals surface area contributed by atoms with Gasteiger partial charge < -0.3 is 20.3 Å². The van der Waals surface area contributed by atoms with Crippen LogP contribution in [0, 0.1) is 0 Å². The van der Waals surface area contributed by atoms with Crippen LogP contribution in [-0.2, 0) is 9.53 Å². The Kier molecular flexibility index (Phi) is 4.67. The Morgan fingerprint density at radius 2 is 2.05 bits per heavy atom. The van der Waals surface area contributed by atoms with Gasteiger partial charge in [0.1, 0.15) is 0 Å². The third kappa shape index (κ3) is 3.85. The van der Waals surface area contributed by atoms with E-state index in [1.165, 1.54) is 0 Å². The standard InChI is InChI=1S/C15H24N4O2/c1-15(2,21-3)10-14(20)19-8-6-18(7-9-19)13-4-5-17-11-12(13)16/h4-5,11H,6-10,16H2,1-3H3. The van der Waals surface area contributed by atoms with Crippen LogP contribution in [0.4, 0.5) is 11.4 Å². The van der Waals surface area contributed by atoms with E-state index in [1.54, 1.807) is 19.5 Å². The van der Waals surface area contributed by atoms with E-state index in [1.807, 2.05) is 24.8 Å². The molecule has 1 saturated heterocycles. The number of nitrogens with zero attached hydrogens (tertiary/aromatic N) is 3. The third-order valence-corrected chi connectivity index (χ3v) is 3.93. The van der Waals surface area contributed by atoms with E-state index in [4.69, 9.17) is 10.5 Å². The number of rotatable bonds is 4. The molecule has 0 atom stereocenters. The number of anilines is 2. The van der Waals surface area contributed by atoms with Crippen LogP contribution in [0.25, 0.3) is 0 Å². The van der Waals surface area contributed by atoms with Crippen LogP contribution >= 0.6 is 0 Å². The van der Waals surface area contributed by atoms with Gasteiger partial charge in [-0.1, -0.05) is 0 Å². The van der Waals surface area contributed by atoms with Gasteiger partial charge in [0, 0.05) is 39.5 Å². The minimum Gasteiger partial charge on any atom is -0.396 e. The van der Waals surface area contributed by atoms with Crippen LogP contribution in [-0.4, -0.2) is 54.7 Å². The quantitative estimate of drug-likeness (QED) is 0.900. The molecule has 0 aromatic carbocycles. The lowest BCUT2D eigenvalue weighted by Gasteiger charge is -2.37. The fraction of sp³-hybridized carbons (Fsp3) is 0.600. The number of carbonyl (C=O) groups excluding carboxylic acids is 1. The molecule has 1 fully saturated rings. The van der Waals surface area contributed by atoms with Crippen LogP contribution in [0.5, 0.6) is 0 Å². The first-order valence-electron chi connectivity index (χ1n) is 7.20. The van der Waals surface area contributed by atoms with Gasteiger partial charge >= 0.3 is 0 Å². The van der Waals surface area contributed by atoms with E-state index >= 15 is 0 Å². The minimum absolute atomic E-state index is 0.143. The first-order chi connectivity index (χ1) is 9.93. The molecule has 0 saturated carbocycles. The third-order valence-electron chi connectivity index (χ3n) is 3.93. The summed E-state index contributed by atoms with van der Waals surface area (Å²) in [6.45, 7) is 6.85. The molecule has 1 aromatic heterocycles. The Hall–Kier alpha value is -1.82. The number of methoxy groups -OCH3 is 1. The predicted molar refractivity (Wildman–Crippen MR) is 83.1 cm³/mol. The Morgan fingerprint density at radius 1 is 1.38 bits per heavy atom. The SMILES string of the molecule is COC(C)(C)CC(=O)N1CCN(c2ccncc2N)CC1. The highest BCUT2D eigenvalue weighted by Gasteiger charge is 2.27. The zero-order chi connectivity index (χ0) is 15.5. The van der Waals surface area contributed by atoms with Crippen LogP contribution in [0.2, 0.25) is 0 Å². The van der Waals surface area contributed by atoms with Gasteiger partial charge in [-0.25, -0.2) is 0 Å². The maximum absolute atomic E-state index is 12.3. The van der Waals surface area contributed by atoms with Gasteiger partial charge in [-0.2, -0.15) is 0 Å². The number of hydrogen-bond acceptors (Lipinski definition) is 5. The Bertz CT molecular complexity index is 496. The molecule has 1 aliphatic rings. The van der Waals surface area contributed by atoms with Gasteiger partial charge in [0.15, 0.2) is 0 Å². The monoisotopic (exact) mass is 292 g/mol. The molecule has 0 aliphatic carbocycles. The molecule has 1 amide bonds. The van der Waals surface area contributed by atoms with Crippen molar-refractivity contribution >= 4 is 17.3 Å². The summed E-state index contributed by atoms with van der Waals surface area (Å²) < 4.78 is 5.32. The van der Waals surface area contributed by atoms with E-state index in [0.29, 0.717) is 25.2 Å². The summed E-state index contributed by atoms with van der Waals surface area (Å²) >= 11 is 0. The smallest absolute Gasteiger partial charge is 0.225 e. The molecule has 2 heterocycles. The number of nitrogen functional groups attached to an aromatic ring is 1. The molecule has 1 aliphatic heterocycles. The fourth-order valence-electron chi connectivity index (χ4n) is 2.43. The number of hydrogen-bond donors (Lipinski definition) is 1. The second-order valence-corrected chi connectivity index (χ2v) is 5.94.